The van der Waals surface area contributed by atoms with E-state index in [4.69, 9.17) is 21.1 Å². The summed E-state index contributed by atoms with van der Waals surface area (Å²) in [6.45, 7) is 0.371. The Morgan fingerprint density at radius 3 is 2.45 bits per heavy atom. The van der Waals surface area contributed by atoms with Crippen LogP contribution >= 0.6 is 27.5 Å². The highest BCUT2D eigenvalue weighted by Crippen LogP contribution is 2.27. The number of methoxy groups -OCH3 is 1. The Hall–Kier alpha value is -3.27. The van der Waals surface area contributed by atoms with Crippen molar-refractivity contribution in [3.8, 4) is 17.6 Å². The molecule has 0 saturated carbocycles. The summed E-state index contributed by atoms with van der Waals surface area (Å²) >= 11 is 9.73. The summed E-state index contributed by atoms with van der Waals surface area (Å²) in [4.78, 5) is 12.4. The number of nitrogens with zero attached hydrogens (tertiary/aromatic N) is 1. The number of amides is 1. The van der Waals surface area contributed by atoms with Crippen LogP contribution in [0.2, 0.25) is 5.02 Å². The van der Waals surface area contributed by atoms with Gasteiger partial charge >= 0.3 is 0 Å². The summed E-state index contributed by atoms with van der Waals surface area (Å²) < 4.78 is 11.9. The minimum atomic E-state index is -0.514. The van der Waals surface area contributed by atoms with Crippen molar-refractivity contribution in [1.29, 1.82) is 5.26 Å². The lowest BCUT2D eigenvalue weighted by Crippen LogP contribution is -2.13. The minimum absolute atomic E-state index is 0.0459. The first kappa shape index (κ1) is 22.4. The van der Waals surface area contributed by atoms with E-state index in [0.717, 1.165) is 10.0 Å². The SMILES string of the molecule is COc1ccc(NC(=O)/C(C#N)=C/c2ccc(OCc3ccc(Br)cc3)c(Cl)c2)cc1. The highest BCUT2D eigenvalue weighted by atomic mass is 79.9. The first-order valence-corrected chi connectivity index (χ1v) is 10.4. The number of halogens is 2. The predicted octanol–water partition coefficient (Wildman–Crippen LogP) is 6.24. The van der Waals surface area contributed by atoms with Crippen molar-refractivity contribution >= 4 is 45.2 Å². The highest BCUT2D eigenvalue weighted by Gasteiger charge is 2.11. The van der Waals surface area contributed by atoms with Crippen molar-refractivity contribution in [2.75, 3.05) is 12.4 Å². The number of carbonyl (C=O) groups excluding carboxylic acids is 1. The fourth-order valence-electron chi connectivity index (χ4n) is 2.65. The van der Waals surface area contributed by atoms with Crippen LogP contribution in [0, 0.1) is 11.3 Å². The van der Waals surface area contributed by atoms with E-state index in [1.165, 1.54) is 6.08 Å². The summed E-state index contributed by atoms with van der Waals surface area (Å²) in [5, 5.41) is 12.5. The predicted molar refractivity (Wildman–Crippen MR) is 125 cm³/mol. The maximum absolute atomic E-state index is 12.4. The molecule has 0 aromatic heterocycles. The van der Waals surface area contributed by atoms with E-state index in [1.807, 2.05) is 30.3 Å². The van der Waals surface area contributed by atoms with Gasteiger partial charge in [-0.05, 0) is 65.7 Å². The van der Waals surface area contributed by atoms with Crippen LogP contribution in [0.3, 0.4) is 0 Å². The van der Waals surface area contributed by atoms with E-state index in [2.05, 4.69) is 21.2 Å². The van der Waals surface area contributed by atoms with Gasteiger partial charge < -0.3 is 14.8 Å². The fraction of sp³-hybridized carbons (Fsp3) is 0.0833. The molecule has 5 nitrogen and oxygen atoms in total. The lowest BCUT2D eigenvalue weighted by molar-refractivity contribution is -0.112. The van der Waals surface area contributed by atoms with Crippen LogP contribution in [-0.4, -0.2) is 13.0 Å². The van der Waals surface area contributed by atoms with E-state index in [1.54, 1.807) is 49.6 Å². The van der Waals surface area contributed by atoms with Gasteiger partial charge in [0.1, 0.15) is 29.7 Å². The number of nitrogens with one attached hydrogen (secondary N) is 1. The molecule has 156 valence electrons. The standard InChI is InChI=1S/C24H18BrClN2O3/c1-30-21-9-7-20(8-10-21)28-24(29)18(14-27)12-17-4-11-23(22(26)13-17)31-15-16-2-5-19(25)6-3-16/h2-13H,15H2,1H3,(H,28,29)/b18-12+. The summed E-state index contributed by atoms with van der Waals surface area (Å²) in [6, 6.07) is 21.6. The molecule has 0 radical (unpaired) electrons. The molecule has 1 amide bonds. The van der Waals surface area contributed by atoms with Crippen LogP contribution in [0.4, 0.5) is 5.69 Å². The smallest absolute Gasteiger partial charge is 0.266 e. The normalized spacial score (nSPS) is 10.8. The van der Waals surface area contributed by atoms with Crippen molar-refractivity contribution in [2.24, 2.45) is 0 Å². The Morgan fingerprint density at radius 1 is 1.13 bits per heavy atom. The van der Waals surface area contributed by atoms with Gasteiger partial charge in [0.2, 0.25) is 0 Å². The monoisotopic (exact) mass is 496 g/mol. The third kappa shape index (κ3) is 6.35. The summed E-state index contributed by atoms with van der Waals surface area (Å²) in [7, 11) is 1.56. The van der Waals surface area contributed by atoms with Crippen molar-refractivity contribution in [3.05, 3.63) is 92.9 Å². The van der Waals surface area contributed by atoms with Gasteiger partial charge in [0.15, 0.2) is 0 Å². The van der Waals surface area contributed by atoms with Crippen molar-refractivity contribution < 1.29 is 14.3 Å². The van der Waals surface area contributed by atoms with Crippen LogP contribution in [0.25, 0.3) is 6.08 Å². The van der Waals surface area contributed by atoms with Gasteiger partial charge in [-0.25, -0.2) is 0 Å². The van der Waals surface area contributed by atoms with Gasteiger partial charge in [0, 0.05) is 10.2 Å². The van der Waals surface area contributed by atoms with Crippen LogP contribution in [0.5, 0.6) is 11.5 Å². The highest BCUT2D eigenvalue weighted by molar-refractivity contribution is 9.10. The first-order valence-electron chi connectivity index (χ1n) is 9.22. The second-order valence-electron chi connectivity index (χ2n) is 6.46. The van der Waals surface area contributed by atoms with Gasteiger partial charge in [0.25, 0.3) is 5.91 Å². The largest absolute Gasteiger partial charge is 0.497 e. The molecule has 0 saturated heterocycles. The molecule has 0 unspecified atom stereocenters. The van der Waals surface area contributed by atoms with E-state index < -0.39 is 5.91 Å². The third-order valence-corrected chi connectivity index (χ3v) is 5.11. The molecule has 3 aromatic carbocycles. The minimum Gasteiger partial charge on any atom is -0.497 e. The Balaban J connectivity index is 1.68. The molecule has 0 aliphatic carbocycles. The number of rotatable bonds is 7. The second kappa shape index (κ2) is 10.7. The van der Waals surface area contributed by atoms with Crippen molar-refractivity contribution in [2.45, 2.75) is 6.61 Å². The quantitative estimate of drug-likeness (QED) is 0.310. The van der Waals surface area contributed by atoms with Gasteiger partial charge in [0.05, 0.1) is 12.1 Å². The molecule has 1 N–H and O–H groups in total. The molecule has 0 heterocycles. The summed E-state index contributed by atoms with van der Waals surface area (Å²) in [5.74, 6) is 0.674. The molecule has 3 rings (SSSR count). The third-order valence-electron chi connectivity index (χ3n) is 4.29. The number of ether oxygens (including phenoxy) is 2. The molecule has 0 atom stereocenters. The summed E-state index contributed by atoms with van der Waals surface area (Å²) in [6.07, 6.45) is 1.48. The maximum Gasteiger partial charge on any atom is 0.266 e. The van der Waals surface area contributed by atoms with Crippen molar-refractivity contribution in [1.82, 2.24) is 0 Å². The molecular weight excluding hydrogens is 480 g/mol. The van der Waals surface area contributed by atoms with Gasteiger partial charge in [-0.1, -0.05) is 45.7 Å². The van der Waals surface area contributed by atoms with Crippen LogP contribution in [-0.2, 0) is 11.4 Å². The Labute approximate surface area is 194 Å². The fourth-order valence-corrected chi connectivity index (χ4v) is 3.16. The molecule has 0 fully saturated rings. The zero-order valence-corrected chi connectivity index (χ0v) is 18.9. The molecule has 0 spiro atoms. The van der Waals surface area contributed by atoms with Gasteiger partial charge in [-0.2, -0.15) is 5.26 Å². The molecule has 3 aromatic rings. The molecule has 0 aliphatic heterocycles. The number of hydrogen-bond donors (Lipinski definition) is 1. The van der Waals surface area contributed by atoms with E-state index in [0.29, 0.717) is 34.4 Å². The number of anilines is 1. The molecule has 31 heavy (non-hydrogen) atoms. The zero-order chi connectivity index (χ0) is 22.2. The van der Waals surface area contributed by atoms with Gasteiger partial charge in [-0.15, -0.1) is 0 Å². The average molecular weight is 498 g/mol. The van der Waals surface area contributed by atoms with E-state index in [-0.39, 0.29) is 5.57 Å². The second-order valence-corrected chi connectivity index (χ2v) is 7.78. The Morgan fingerprint density at radius 2 is 1.84 bits per heavy atom. The van der Waals surface area contributed by atoms with Crippen LogP contribution in [0.15, 0.2) is 76.8 Å². The Bertz CT molecular complexity index is 1140. The first-order chi connectivity index (χ1) is 15.0. The number of carbonyl (C=O) groups is 1. The number of nitriles is 1. The summed E-state index contributed by atoms with van der Waals surface area (Å²) in [5.41, 5.74) is 2.13. The lowest BCUT2D eigenvalue weighted by atomic mass is 10.1. The topological polar surface area (TPSA) is 71.3 Å². The molecular formula is C24H18BrClN2O3. The van der Waals surface area contributed by atoms with E-state index in [9.17, 15) is 10.1 Å². The zero-order valence-electron chi connectivity index (χ0n) is 16.6. The maximum atomic E-state index is 12.4. The number of hydrogen-bond acceptors (Lipinski definition) is 4. The van der Waals surface area contributed by atoms with Crippen LogP contribution in [0.1, 0.15) is 11.1 Å². The number of benzene rings is 3. The average Bonchev–Trinajstić information content (AvgIpc) is 2.78. The molecule has 7 heteroatoms. The van der Waals surface area contributed by atoms with Crippen molar-refractivity contribution in [3.63, 3.8) is 0 Å². The van der Waals surface area contributed by atoms with E-state index >= 15 is 0 Å². The Kier molecular flexibility index (Phi) is 7.71. The molecule has 0 bridgehead atoms. The van der Waals surface area contributed by atoms with Gasteiger partial charge in [-0.3, -0.25) is 4.79 Å². The van der Waals surface area contributed by atoms with Crippen LogP contribution < -0.4 is 14.8 Å². The lowest BCUT2D eigenvalue weighted by Gasteiger charge is -2.09. The molecule has 0 aliphatic rings.